The molecule has 4 nitrogen and oxygen atoms in total. The van der Waals surface area contributed by atoms with Crippen molar-refractivity contribution in [2.45, 2.75) is 38.4 Å². The van der Waals surface area contributed by atoms with Gasteiger partial charge in [0.25, 0.3) is 0 Å². The second kappa shape index (κ2) is 5.99. The maximum Gasteiger partial charge on any atom is 0.137 e. The number of hydrogen-bond donors (Lipinski definition) is 1. The number of rotatable bonds is 4. The standard InChI is InChI=1S/C14H24N4S/c1-5-6-11-12(15-4)16-10-17-13(11)18-7-8-19-14(2,3)9-18/h10H,5-9H2,1-4H3,(H,15,16,17). The van der Waals surface area contributed by atoms with Crippen LogP contribution in [-0.2, 0) is 6.42 Å². The van der Waals surface area contributed by atoms with Gasteiger partial charge in [-0.2, -0.15) is 11.8 Å². The first-order valence-corrected chi connectivity index (χ1v) is 7.96. The van der Waals surface area contributed by atoms with Crippen molar-refractivity contribution in [1.29, 1.82) is 0 Å². The van der Waals surface area contributed by atoms with E-state index in [1.165, 1.54) is 5.56 Å². The van der Waals surface area contributed by atoms with Crippen molar-refractivity contribution in [3.05, 3.63) is 11.9 Å². The van der Waals surface area contributed by atoms with Gasteiger partial charge in [-0.15, -0.1) is 0 Å². The summed E-state index contributed by atoms with van der Waals surface area (Å²) in [5.41, 5.74) is 1.26. The minimum atomic E-state index is 0.298. The second-order valence-electron chi connectivity index (χ2n) is 5.55. The van der Waals surface area contributed by atoms with Crippen LogP contribution >= 0.6 is 11.8 Å². The Morgan fingerprint density at radius 2 is 2.21 bits per heavy atom. The third-order valence-corrected chi connectivity index (χ3v) is 4.68. The molecule has 0 spiro atoms. The molecular formula is C14H24N4S. The average Bonchev–Trinajstić information content (AvgIpc) is 2.38. The van der Waals surface area contributed by atoms with E-state index in [2.05, 4.69) is 41.0 Å². The first kappa shape index (κ1) is 14.4. The highest BCUT2D eigenvalue weighted by molar-refractivity contribution is 8.00. The Hall–Kier alpha value is -0.970. The maximum absolute atomic E-state index is 4.56. The Morgan fingerprint density at radius 1 is 1.42 bits per heavy atom. The smallest absolute Gasteiger partial charge is 0.137 e. The predicted octanol–water partition coefficient (Wildman–Crippen LogP) is 2.80. The van der Waals surface area contributed by atoms with Crippen LogP contribution in [0.3, 0.4) is 0 Å². The number of hydrogen-bond acceptors (Lipinski definition) is 5. The minimum Gasteiger partial charge on any atom is -0.373 e. The van der Waals surface area contributed by atoms with Crippen molar-refractivity contribution in [1.82, 2.24) is 9.97 Å². The molecule has 1 N–H and O–H groups in total. The molecule has 0 radical (unpaired) electrons. The fraction of sp³-hybridized carbons (Fsp3) is 0.714. The van der Waals surface area contributed by atoms with Gasteiger partial charge in [-0.05, 0) is 20.3 Å². The van der Waals surface area contributed by atoms with Gasteiger partial charge in [0.2, 0.25) is 0 Å². The Kier molecular flexibility index (Phi) is 4.55. The molecule has 5 heteroatoms. The van der Waals surface area contributed by atoms with Crippen molar-refractivity contribution >= 4 is 23.4 Å². The number of aromatic nitrogens is 2. The van der Waals surface area contributed by atoms with Gasteiger partial charge in [-0.1, -0.05) is 13.3 Å². The molecule has 1 fully saturated rings. The maximum atomic E-state index is 4.56. The van der Waals surface area contributed by atoms with Crippen LogP contribution in [0.5, 0.6) is 0 Å². The lowest BCUT2D eigenvalue weighted by Crippen LogP contribution is -2.44. The number of anilines is 2. The third kappa shape index (κ3) is 3.32. The summed E-state index contributed by atoms with van der Waals surface area (Å²) in [5.74, 6) is 3.26. The first-order chi connectivity index (χ1) is 9.07. The molecule has 106 valence electrons. The van der Waals surface area contributed by atoms with Crippen LogP contribution in [0.15, 0.2) is 6.33 Å². The fourth-order valence-corrected chi connectivity index (χ4v) is 3.68. The number of nitrogens with one attached hydrogen (secondary N) is 1. The topological polar surface area (TPSA) is 41.1 Å². The average molecular weight is 280 g/mol. The summed E-state index contributed by atoms with van der Waals surface area (Å²) in [5, 5.41) is 3.20. The molecule has 19 heavy (non-hydrogen) atoms. The molecule has 0 bridgehead atoms. The van der Waals surface area contributed by atoms with E-state index in [1.54, 1.807) is 6.33 Å². The SMILES string of the molecule is CCCc1c(NC)ncnc1N1CCSC(C)(C)C1. The van der Waals surface area contributed by atoms with Crippen LogP contribution in [-0.4, -0.2) is 40.6 Å². The zero-order chi connectivity index (χ0) is 13.9. The highest BCUT2D eigenvalue weighted by Crippen LogP contribution is 2.34. The summed E-state index contributed by atoms with van der Waals surface area (Å²) in [7, 11) is 1.93. The molecule has 1 aliphatic heterocycles. The molecule has 0 saturated carbocycles. The van der Waals surface area contributed by atoms with Crippen LogP contribution in [0.2, 0.25) is 0 Å². The van der Waals surface area contributed by atoms with Gasteiger partial charge >= 0.3 is 0 Å². The third-order valence-electron chi connectivity index (χ3n) is 3.38. The van der Waals surface area contributed by atoms with E-state index in [0.29, 0.717) is 4.75 Å². The predicted molar refractivity (Wildman–Crippen MR) is 84.3 cm³/mol. The number of nitrogens with zero attached hydrogens (tertiary/aromatic N) is 3. The molecule has 2 rings (SSSR count). The van der Waals surface area contributed by atoms with Gasteiger partial charge in [0.15, 0.2) is 0 Å². The number of thioether (sulfide) groups is 1. The fourth-order valence-electron chi connectivity index (χ4n) is 2.57. The summed E-state index contributed by atoms with van der Waals surface area (Å²) in [4.78, 5) is 11.3. The van der Waals surface area contributed by atoms with Crippen LogP contribution in [0.4, 0.5) is 11.6 Å². The molecule has 2 heterocycles. The minimum absolute atomic E-state index is 0.298. The molecule has 0 aromatic carbocycles. The van der Waals surface area contributed by atoms with E-state index >= 15 is 0 Å². The van der Waals surface area contributed by atoms with Crippen LogP contribution in [0.25, 0.3) is 0 Å². The molecule has 0 amide bonds. The summed E-state index contributed by atoms with van der Waals surface area (Å²) in [6.45, 7) is 8.94. The zero-order valence-corrected chi connectivity index (χ0v) is 13.2. The van der Waals surface area contributed by atoms with E-state index in [1.807, 2.05) is 18.8 Å². The highest BCUT2D eigenvalue weighted by Gasteiger charge is 2.29. The molecular weight excluding hydrogens is 256 g/mol. The van der Waals surface area contributed by atoms with Crippen LogP contribution < -0.4 is 10.2 Å². The van der Waals surface area contributed by atoms with Gasteiger partial charge in [-0.3, -0.25) is 0 Å². The molecule has 0 atom stereocenters. The lowest BCUT2D eigenvalue weighted by molar-refractivity contribution is 0.638. The summed E-state index contributed by atoms with van der Waals surface area (Å²) >= 11 is 2.05. The zero-order valence-electron chi connectivity index (χ0n) is 12.4. The lowest BCUT2D eigenvalue weighted by atomic mass is 10.1. The molecule has 1 aliphatic rings. The van der Waals surface area contributed by atoms with Gasteiger partial charge in [-0.25, -0.2) is 9.97 Å². The highest BCUT2D eigenvalue weighted by atomic mass is 32.2. The summed E-state index contributed by atoms with van der Waals surface area (Å²) < 4.78 is 0.298. The Labute approximate surface area is 120 Å². The van der Waals surface area contributed by atoms with Crippen molar-refractivity contribution in [2.75, 3.05) is 36.1 Å². The van der Waals surface area contributed by atoms with Crippen LogP contribution in [0, 0.1) is 0 Å². The van der Waals surface area contributed by atoms with Crippen molar-refractivity contribution in [3.63, 3.8) is 0 Å². The van der Waals surface area contributed by atoms with Crippen molar-refractivity contribution in [2.24, 2.45) is 0 Å². The molecule has 0 unspecified atom stereocenters. The van der Waals surface area contributed by atoms with E-state index in [4.69, 9.17) is 0 Å². The molecule has 1 saturated heterocycles. The largest absolute Gasteiger partial charge is 0.373 e. The summed E-state index contributed by atoms with van der Waals surface area (Å²) in [6.07, 6.45) is 3.81. The quantitative estimate of drug-likeness (QED) is 0.918. The van der Waals surface area contributed by atoms with Crippen molar-refractivity contribution in [3.8, 4) is 0 Å². The first-order valence-electron chi connectivity index (χ1n) is 6.98. The molecule has 1 aromatic rings. The molecule has 0 aliphatic carbocycles. The summed E-state index contributed by atoms with van der Waals surface area (Å²) in [6, 6.07) is 0. The van der Waals surface area contributed by atoms with Crippen molar-refractivity contribution < 1.29 is 0 Å². The lowest BCUT2D eigenvalue weighted by Gasteiger charge is -2.39. The van der Waals surface area contributed by atoms with Gasteiger partial charge in [0.05, 0.1) is 0 Å². The second-order valence-corrected chi connectivity index (χ2v) is 7.36. The molecule has 1 aromatic heterocycles. The van der Waals surface area contributed by atoms with Gasteiger partial charge in [0.1, 0.15) is 18.0 Å². The Morgan fingerprint density at radius 3 is 2.84 bits per heavy atom. The van der Waals surface area contributed by atoms with E-state index < -0.39 is 0 Å². The van der Waals surface area contributed by atoms with Gasteiger partial charge in [0, 0.05) is 36.2 Å². The Balaban J connectivity index is 2.32. The van der Waals surface area contributed by atoms with Gasteiger partial charge < -0.3 is 10.2 Å². The van der Waals surface area contributed by atoms with E-state index in [9.17, 15) is 0 Å². The van der Waals surface area contributed by atoms with E-state index in [-0.39, 0.29) is 0 Å². The van der Waals surface area contributed by atoms with E-state index in [0.717, 1.165) is 43.3 Å². The van der Waals surface area contributed by atoms with Crippen LogP contribution in [0.1, 0.15) is 32.8 Å². The monoisotopic (exact) mass is 280 g/mol. The normalized spacial score (nSPS) is 18.4. The Bertz CT molecular complexity index is 433.